The lowest BCUT2D eigenvalue weighted by Crippen LogP contribution is -2.23. The monoisotopic (exact) mass is 255 g/mol. The van der Waals surface area contributed by atoms with Crippen LogP contribution in [0.4, 0.5) is 17.6 Å². The maximum absolute atomic E-state index is 12.8. The molecule has 1 atom stereocenters. The van der Waals surface area contributed by atoms with Crippen molar-refractivity contribution in [2.45, 2.75) is 18.5 Å². The van der Waals surface area contributed by atoms with Gasteiger partial charge in [0.25, 0.3) is 0 Å². The van der Waals surface area contributed by atoms with Gasteiger partial charge in [-0.1, -0.05) is 17.7 Å². The van der Waals surface area contributed by atoms with Crippen molar-refractivity contribution in [1.29, 1.82) is 0 Å². The normalized spacial score (nSPS) is 13.9. The highest BCUT2D eigenvalue weighted by molar-refractivity contribution is 6.30. The molecule has 1 aromatic rings. The third-order valence-electron chi connectivity index (χ3n) is 2.20. The van der Waals surface area contributed by atoms with E-state index in [2.05, 4.69) is 0 Å². The van der Waals surface area contributed by atoms with Crippen LogP contribution in [0.2, 0.25) is 5.02 Å². The van der Waals surface area contributed by atoms with Crippen LogP contribution in [0, 0.1) is 5.82 Å². The van der Waals surface area contributed by atoms with E-state index in [1.54, 1.807) is 0 Å². The Morgan fingerprint density at radius 3 is 2.38 bits per heavy atom. The van der Waals surface area contributed by atoms with E-state index in [9.17, 15) is 17.6 Å². The van der Waals surface area contributed by atoms with Crippen molar-refractivity contribution in [2.24, 2.45) is 5.73 Å². The second-order valence-electron chi connectivity index (χ2n) is 3.35. The molecule has 90 valence electrons. The summed E-state index contributed by atoms with van der Waals surface area (Å²) >= 11 is 5.43. The van der Waals surface area contributed by atoms with Crippen LogP contribution >= 0.6 is 11.6 Å². The van der Waals surface area contributed by atoms with Crippen molar-refractivity contribution >= 4 is 11.6 Å². The van der Waals surface area contributed by atoms with E-state index in [1.165, 1.54) is 0 Å². The summed E-state index contributed by atoms with van der Waals surface area (Å²) < 4.78 is 50.7. The molecule has 2 N–H and O–H groups in total. The third-order valence-corrected chi connectivity index (χ3v) is 2.49. The minimum atomic E-state index is -4.40. The molecule has 1 unspecified atom stereocenters. The predicted molar refractivity (Wildman–Crippen MR) is 53.9 cm³/mol. The molecule has 0 amide bonds. The molecule has 16 heavy (non-hydrogen) atoms. The van der Waals surface area contributed by atoms with Crippen LogP contribution in [-0.4, -0.2) is 12.7 Å². The molecule has 6 heteroatoms. The summed E-state index contributed by atoms with van der Waals surface area (Å²) in [4.78, 5) is 0. The number of rotatable bonds is 3. The molecular formula is C10H10ClF4N. The van der Waals surface area contributed by atoms with Crippen LogP contribution in [0.25, 0.3) is 0 Å². The van der Waals surface area contributed by atoms with E-state index >= 15 is 0 Å². The lowest BCUT2D eigenvalue weighted by atomic mass is 9.95. The third kappa shape index (κ3) is 3.09. The molecule has 0 aliphatic rings. The Labute approximate surface area is 95.2 Å². The first-order chi connectivity index (χ1) is 7.36. The zero-order valence-corrected chi connectivity index (χ0v) is 8.95. The van der Waals surface area contributed by atoms with Gasteiger partial charge in [0.2, 0.25) is 0 Å². The zero-order valence-electron chi connectivity index (χ0n) is 8.19. The van der Waals surface area contributed by atoms with Crippen LogP contribution < -0.4 is 5.73 Å². The van der Waals surface area contributed by atoms with E-state index in [0.717, 1.165) is 18.2 Å². The van der Waals surface area contributed by atoms with Crippen LogP contribution in [-0.2, 0) is 0 Å². The van der Waals surface area contributed by atoms with Gasteiger partial charge in [0.15, 0.2) is 0 Å². The lowest BCUT2D eigenvalue weighted by molar-refractivity contribution is -0.151. The van der Waals surface area contributed by atoms with Gasteiger partial charge in [0.05, 0.1) is 10.9 Å². The lowest BCUT2D eigenvalue weighted by Gasteiger charge is -2.20. The fourth-order valence-corrected chi connectivity index (χ4v) is 1.60. The summed E-state index contributed by atoms with van der Waals surface area (Å²) in [6.07, 6.45) is -4.65. The summed E-state index contributed by atoms with van der Waals surface area (Å²) in [5, 5.41) is -0.316. The van der Waals surface area contributed by atoms with Crippen molar-refractivity contribution in [3.05, 3.63) is 34.6 Å². The molecule has 0 saturated carbocycles. The molecule has 0 heterocycles. The SMILES string of the molecule is NCCC(c1ccc(F)c(Cl)c1)C(F)(F)F. The molecule has 1 rings (SSSR count). The Morgan fingerprint density at radius 1 is 1.31 bits per heavy atom. The molecule has 0 fully saturated rings. The van der Waals surface area contributed by atoms with Crippen LogP contribution in [0.5, 0.6) is 0 Å². The predicted octanol–water partition coefficient (Wildman–Crippen LogP) is 3.47. The van der Waals surface area contributed by atoms with Crippen molar-refractivity contribution in [3.63, 3.8) is 0 Å². The van der Waals surface area contributed by atoms with E-state index in [0.29, 0.717) is 0 Å². The summed E-state index contributed by atoms with van der Waals surface area (Å²) in [5.41, 5.74) is 5.06. The molecule has 0 aliphatic heterocycles. The maximum Gasteiger partial charge on any atom is 0.395 e. The molecule has 0 radical (unpaired) electrons. The van der Waals surface area contributed by atoms with Gasteiger partial charge < -0.3 is 5.73 Å². The minimum Gasteiger partial charge on any atom is -0.330 e. The standard InChI is InChI=1S/C10H10ClF4N/c11-8-5-6(1-2-9(8)12)7(3-4-16)10(13,14)15/h1-2,5,7H,3-4,16H2. The number of halogens is 5. The van der Waals surface area contributed by atoms with Crippen LogP contribution in [0.1, 0.15) is 17.9 Å². The molecule has 0 bridgehead atoms. The molecule has 1 aromatic carbocycles. The maximum atomic E-state index is 12.8. The number of nitrogens with two attached hydrogens (primary N) is 1. The molecule has 1 nitrogen and oxygen atoms in total. The van der Waals surface area contributed by atoms with Gasteiger partial charge in [0.1, 0.15) is 5.82 Å². The summed E-state index contributed by atoms with van der Waals surface area (Å²) in [6, 6.07) is 2.99. The fraction of sp³-hybridized carbons (Fsp3) is 0.400. The summed E-state index contributed by atoms with van der Waals surface area (Å²) in [7, 11) is 0. The van der Waals surface area contributed by atoms with E-state index in [4.69, 9.17) is 17.3 Å². The largest absolute Gasteiger partial charge is 0.395 e. The number of hydrogen-bond donors (Lipinski definition) is 1. The van der Waals surface area contributed by atoms with Gasteiger partial charge in [-0.3, -0.25) is 0 Å². The molecular weight excluding hydrogens is 246 g/mol. The van der Waals surface area contributed by atoms with Crippen molar-refractivity contribution in [3.8, 4) is 0 Å². The molecule has 0 spiro atoms. The van der Waals surface area contributed by atoms with Crippen molar-refractivity contribution in [1.82, 2.24) is 0 Å². The van der Waals surface area contributed by atoms with Gasteiger partial charge >= 0.3 is 6.18 Å². The van der Waals surface area contributed by atoms with E-state index in [-0.39, 0.29) is 23.6 Å². The topological polar surface area (TPSA) is 26.0 Å². The number of alkyl halides is 3. The fourth-order valence-electron chi connectivity index (χ4n) is 1.42. The van der Waals surface area contributed by atoms with Gasteiger partial charge in [-0.25, -0.2) is 4.39 Å². The van der Waals surface area contributed by atoms with Crippen molar-refractivity contribution < 1.29 is 17.6 Å². The van der Waals surface area contributed by atoms with E-state index in [1.807, 2.05) is 0 Å². The number of benzene rings is 1. The Kier molecular flexibility index (Phi) is 4.15. The molecule has 0 aliphatic carbocycles. The van der Waals surface area contributed by atoms with E-state index < -0.39 is 17.9 Å². The Hall–Kier alpha value is -0.810. The first-order valence-electron chi connectivity index (χ1n) is 4.58. The minimum absolute atomic E-state index is 0.0654. The van der Waals surface area contributed by atoms with Gasteiger partial charge in [-0.05, 0) is 30.7 Å². The zero-order chi connectivity index (χ0) is 12.3. The first kappa shape index (κ1) is 13.3. The van der Waals surface area contributed by atoms with Gasteiger partial charge in [-0.2, -0.15) is 13.2 Å². The van der Waals surface area contributed by atoms with Crippen molar-refractivity contribution in [2.75, 3.05) is 6.54 Å². The molecule has 0 aromatic heterocycles. The second kappa shape index (κ2) is 5.01. The summed E-state index contributed by atoms with van der Waals surface area (Å²) in [5.74, 6) is -2.44. The smallest absolute Gasteiger partial charge is 0.330 e. The van der Waals surface area contributed by atoms with Crippen LogP contribution in [0.3, 0.4) is 0 Å². The first-order valence-corrected chi connectivity index (χ1v) is 4.95. The van der Waals surface area contributed by atoms with Gasteiger partial charge in [-0.15, -0.1) is 0 Å². The highest BCUT2D eigenvalue weighted by Gasteiger charge is 2.40. The van der Waals surface area contributed by atoms with Gasteiger partial charge in [0, 0.05) is 0 Å². The quantitative estimate of drug-likeness (QED) is 0.823. The average Bonchev–Trinajstić information content (AvgIpc) is 2.17. The van der Waals surface area contributed by atoms with Crippen LogP contribution in [0.15, 0.2) is 18.2 Å². The Balaban J connectivity index is 3.06. The average molecular weight is 256 g/mol. The number of hydrogen-bond acceptors (Lipinski definition) is 1. The highest BCUT2D eigenvalue weighted by Crippen LogP contribution is 2.38. The molecule has 0 saturated heterocycles. The highest BCUT2D eigenvalue weighted by atomic mass is 35.5. The Bertz CT molecular complexity index is 364. The second-order valence-corrected chi connectivity index (χ2v) is 3.75. The Morgan fingerprint density at radius 2 is 1.94 bits per heavy atom. The summed E-state index contributed by atoms with van der Waals surface area (Å²) in [6.45, 7) is -0.0980.